The molecule has 0 radical (unpaired) electrons. The monoisotopic (exact) mass is 224 g/mol. The molecule has 2 atom stereocenters. The van der Waals surface area contributed by atoms with E-state index in [1.54, 1.807) is 0 Å². The zero-order valence-electron chi connectivity index (χ0n) is 9.28. The van der Waals surface area contributed by atoms with Crippen LogP contribution < -0.4 is 4.90 Å². The third kappa shape index (κ3) is 2.10. The summed E-state index contributed by atoms with van der Waals surface area (Å²) in [6.45, 7) is 6.89. The lowest BCUT2D eigenvalue weighted by Gasteiger charge is -2.20. The normalized spacial score (nSPS) is 25.9. The van der Waals surface area contributed by atoms with E-state index in [-0.39, 0.29) is 0 Å². The van der Waals surface area contributed by atoms with Crippen LogP contribution in [0.15, 0.2) is 18.5 Å². The Morgan fingerprint density at radius 3 is 2.67 bits per heavy atom. The van der Waals surface area contributed by atoms with Gasteiger partial charge >= 0.3 is 0 Å². The summed E-state index contributed by atoms with van der Waals surface area (Å²) in [6, 6.07) is 2.07. The van der Waals surface area contributed by atoms with E-state index in [9.17, 15) is 0 Å². The molecular weight excluding hydrogens is 208 g/mol. The molecule has 1 saturated heterocycles. The summed E-state index contributed by atoms with van der Waals surface area (Å²) in [6.07, 6.45) is 3.72. The van der Waals surface area contributed by atoms with E-state index in [2.05, 4.69) is 29.8 Å². The smallest absolute Gasteiger partial charge is 0.0509 e. The van der Waals surface area contributed by atoms with Crippen molar-refractivity contribution in [3.05, 3.63) is 24.0 Å². The fourth-order valence-corrected chi connectivity index (χ4v) is 2.36. The Morgan fingerprint density at radius 2 is 2.07 bits per heavy atom. The molecule has 1 fully saturated rings. The van der Waals surface area contributed by atoms with Gasteiger partial charge in [-0.2, -0.15) is 0 Å². The van der Waals surface area contributed by atoms with Crippen molar-refractivity contribution in [2.45, 2.75) is 19.7 Å². The van der Waals surface area contributed by atoms with Crippen LogP contribution in [0.1, 0.15) is 19.4 Å². The van der Waals surface area contributed by atoms with E-state index in [0.29, 0.717) is 5.88 Å². The average molecular weight is 225 g/mol. The molecule has 3 heteroatoms. The van der Waals surface area contributed by atoms with Gasteiger partial charge < -0.3 is 4.90 Å². The van der Waals surface area contributed by atoms with Crippen molar-refractivity contribution < 1.29 is 0 Å². The molecule has 82 valence electrons. The van der Waals surface area contributed by atoms with Gasteiger partial charge in [0.1, 0.15) is 0 Å². The highest BCUT2D eigenvalue weighted by atomic mass is 35.5. The van der Waals surface area contributed by atoms with Crippen LogP contribution in [0.25, 0.3) is 0 Å². The first-order valence-electron chi connectivity index (χ1n) is 5.46. The Labute approximate surface area is 96.3 Å². The van der Waals surface area contributed by atoms with Crippen LogP contribution in [-0.2, 0) is 5.88 Å². The van der Waals surface area contributed by atoms with Crippen molar-refractivity contribution in [3.8, 4) is 0 Å². The molecule has 1 aliphatic rings. The highest BCUT2D eigenvalue weighted by molar-refractivity contribution is 6.17. The standard InChI is InChI=1S/C12H17ClN2/c1-9-7-15(8-10(9)2)12-3-4-14-6-11(12)5-13/h3-4,6,9-10H,5,7-8H2,1-2H3. The number of anilines is 1. The lowest BCUT2D eigenvalue weighted by atomic mass is 10.0. The Kier molecular flexibility index (Phi) is 3.15. The van der Waals surface area contributed by atoms with E-state index >= 15 is 0 Å². The summed E-state index contributed by atoms with van der Waals surface area (Å²) in [7, 11) is 0. The molecule has 15 heavy (non-hydrogen) atoms. The predicted molar refractivity (Wildman–Crippen MR) is 64.3 cm³/mol. The second-order valence-corrected chi connectivity index (χ2v) is 4.76. The Balaban J connectivity index is 2.23. The number of pyridine rings is 1. The number of nitrogens with zero attached hydrogens (tertiary/aromatic N) is 2. The quantitative estimate of drug-likeness (QED) is 0.719. The third-order valence-corrected chi connectivity index (χ3v) is 3.64. The summed E-state index contributed by atoms with van der Waals surface area (Å²) in [5, 5.41) is 0. The summed E-state index contributed by atoms with van der Waals surface area (Å²) < 4.78 is 0. The SMILES string of the molecule is CC1CN(c2ccncc2CCl)CC1C. The molecular formula is C12H17ClN2. The molecule has 2 rings (SSSR count). The van der Waals surface area contributed by atoms with Crippen molar-refractivity contribution in [1.82, 2.24) is 4.98 Å². The molecule has 0 saturated carbocycles. The fourth-order valence-electron chi connectivity index (χ4n) is 2.16. The molecule has 0 spiro atoms. The van der Waals surface area contributed by atoms with Gasteiger partial charge in [-0.15, -0.1) is 11.6 Å². The predicted octanol–water partition coefficient (Wildman–Crippen LogP) is 2.91. The number of alkyl halides is 1. The summed E-state index contributed by atoms with van der Waals surface area (Å²) >= 11 is 5.92. The molecule has 0 N–H and O–H groups in total. The summed E-state index contributed by atoms with van der Waals surface area (Å²) in [5.74, 6) is 2.07. The van der Waals surface area contributed by atoms with E-state index in [4.69, 9.17) is 11.6 Å². The minimum atomic E-state index is 0.544. The summed E-state index contributed by atoms with van der Waals surface area (Å²) in [4.78, 5) is 6.54. The second-order valence-electron chi connectivity index (χ2n) is 4.50. The maximum Gasteiger partial charge on any atom is 0.0509 e. The zero-order chi connectivity index (χ0) is 10.8. The Morgan fingerprint density at radius 1 is 1.40 bits per heavy atom. The number of halogens is 1. The Bertz CT molecular complexity index is 330. The molecule has 0 amide bonds. The number of rotatable bonds is 2. The molecule has 2 unspecified atom stereocenters. The van der Waals surface area contributed by atoms with Gasteiger partial charge in [-0.3, -0.25) is 4.98 Å². The lowest BCUT2D eigenvalue weighted by molar-refractivity contribution is 0.494. The minimum Gasteiger partial charge on any atom is -0.371 e. The minimum absolute atomic E-state index is 0.544. The average Bonchev–Trinajstić information content (AvgIpc) is 2.59. The van der Waals surface area contributed by atoms with E-state index in [1.807, 2.05) is 12.4 Å². The topological polar surface area (TPSA) is 16.1 Å². The summed E-state index contributed by atoms with van der Waals surface area (Å²) in [5.41, 5.74) is 2.40. The first-order valence-corrected chi connectivity index (χ1v) is 5.99. The first-order chi connectivity index (χ1) is 7.22. The van der Waals surface area contributed by atoms with Crippen molar-refractivity contribution in [2.75, 3.05) is 18.0 Å². The zero-order valence-corrected chi connectivity index (χ0v) is 10.0. The highest BCUT2D eigenvalue weighted by Gasteiger charge is 2.27. The molecule has 1 aromatic heterocycles. The van der Waals surface area contributed by atoms with Crippen LogP contribution in [0.3, 0.4) is 0 Å². The van der Waals surface area contributed by atoms with Crippen molar-refractivity contribution >= 4 is 17.3 Å². The van der Waals surface area contributed by atoms with E-state index in [0.717, 1.165) is 30.5 Å². The molecule has 0 aromatic carbocycles. The van der Waals surface area contributed by atoms with Crippen LogP contribution in [-0.4, -0.2) is 18.1 Å². The number of hydrogen-bond acceptors (Lipinski definition) is 2. The molecule has 1 aromatic rings. The lowest BCUT2D eigenvalue weighted by Crippen LogP contribution is -2.20. The van der Waals surface area contributed by atoms with Crippen LogP contribution in [0, 0.1) is 11.8 Å². The maximum absolute atomic E-state index is 5.92. The highest BCUT2D eigenvalue weighted by Crippen LogP contribution is 2.30. The fraction of sp³-hybridized carbons (Fsp3) is 0.583. The van der Waals surface area contributed by atoms with Crippen molar-refractivity contribution in [2.24, 2.45) is 11.8 Å². The van der Waals surface area contributed by atoms with Crippen molar-refractivity contribution in [1.29, 1.82) is 0 Å². The molecule has 2 nitrogen and oxygen atoms in total. The van der Waals surface area contributed by atoms with Gasteiger partial charge in [0.05, 0.1) is 5.88 Å². The molecule has 0 aliphatic carbocycles. The second kappa shape index (κ2) is 4.40. The molecule has 2 heterocycles. The first kappa shape index (κ1) is 10.7. The van der Waals surface area contributed by atoms with E-state index < -0.39 is 0 Å². The molecule has 1 aliphatic heterocycles. The van der Waals surface area contributed by atoms with Gasteiger partial charge in [-0.25, -0.2) is 0 Å². The van der Waals surface area contributed by atoms with Gasteiger partial charge in [-0.05, 0) is 17.9 Å². The van der Waals surface area contributed by atoms with Crippen molar-refractivity contribution in [3.63, 3.8) is 0 Å². The number of hydrogen-bond donors (Lipinski definition) is 0. The van der Waals surface area contributed by atoms with Crippen LogP contribution >= 0.6 is 11.6 Å². The van der Waals surface area contributed by atoms with Gasteiger partial charge in [0.2, 0.25) is 0 Å². The van der Waals surface area contributed by atoms with Crippen LogP contribution in [0.5, 0.6) is 0 Å². The van der Waals surface area contributed by atoms with Crippen LogP contribution in [0.2, 0.25) is 0 Å². The van der Waals surface area contributed by atoms with Crippen LogP contribution in [0.4, 0.5) is 5.69 Å². The third-order valence-electron chi connectivity index (χ3n) is 3.35. The largest absolute Gasteiger partial charge is 0.371 e. The van der Waals surface area contributed by atoms with Gasteiger partial charge in [0.25, 0.3) is 0 Å². The van der Waals surface area contributed by atoms with E-state index in [1.165, 1.54) is 5.69 Å². The Hall–Kier alpha value is -0.760. The van der Waals surface area contributed by atoms with Gasteiger partial charge in [0, 0.05) is 36.7 Å². The van der Waals surface area contributed by atoms with Gasteiger partial charge in [0.15, 0.2) is 0 Å². The molecule has 0 bridgehead atoms. The van der Waals surface area contributed by atoms with Gasteiger partial charge in [-0.1, -0.05) is 13.8 Å². The number of aromatic nitrogens is 1. The maximum atomic E-state index is 5.92.